The van der Waals surface area contributed by atoms with Gasteiger partial charge in [0.05, 0.1) is 4.92 Å². The first-order chi connectivity index (χ1) is 9.11. The molecular weight excluding hydrogens is 264 g/mol. The van der Waals surface area contributed by atoms with Crippen molar-refractivity contribution in [1.29, 1.82) is 5.26 Å². The van der Waals surface area contributed by atoms with E-state index in [2.05, 4.69) is 10.3 Å². The van der Waals surface area contributed by atoms with Gasteiger partial charge >= 0.3 is 5.69 Å². The van der Waals surface area contributed by atoms with Crippen molar-refractivity contribution in [2.75, 3.05) is 5.32 Å². The fraction of sp³-hybridized carbons (Fsp3) is 0.167. The summed E-state index contributed by atoms with van der Waals surface area (Å²) in [5.41, 5.74) is 1.86. The molecule has 0 saturated carbocycles. The summed E-state index contributed by atoms with van der Waals surface area (Å²) in [6.07, 6.45) is 0. The Labute approximate surface area is 113 Å². The highest BCUT2D eigenvalue weighted by molar-refractivity contribution is 7.08. The largest absolute Gasteiger partial charge is 0.366 e. The van der Waals surface area contributed by atoms with Crippen LogP contribution >= 0.6 is 11.3 Å². The monoisotopic (exact) mass is 274 g/mol. The van der Waals surface area contributed by atoms with E-state index in [1.807, 2.05) is 17.7 Å². The normalized spacial score (nSPS) is 9.89. The molecule has 0 fully saturated rings. The van der Waals surface area contributed by atoms with Crippen LogP contribution in [0.3, 0.4) is 0 Å². The van der Waals surface area contributed by atoms with Crippen molar-refractivity contribution >= 4 is 22.8 Å². The maximum absolute atomic E-state index is 10.7. The van der Waals surface area contributed by atoms with Gasteiger partial charge in [0, 0.05) is 12.6 Å². The SMILES string of the molecule is Cc1cscc1CNc1ccc([N+](=O)[O-])c(C#N)n1. The fourth-order valence-electron chi connectivity index (χ4n) is 1.53. The molecule has 96 valence electrons. The fourth-order valence-corrected chi connectivity index (χ4v) is 2.39. The molecule has 0 atom stereocenters. The lowest BCUT2D eigenvalue weighted by molar-refractivity contribution is -0.385. The van der Waals surface area contributed by atoms with E-state index in [0.717, 1.165) is 5.56 Å². The Morgan fingerprint density at radius 2 is 2.32 bits per heavy atom. The van der Waals surface area contributed by atoms with Crippen molar-refractivity contribution in [1.82, 2.24) is 4.98 Å². The minimum absolute atomic E-state index is 0.183. The molecule has 2 rings (SSSR count). The lowest BCUT2D eigenvalue weighted by Crippen LogP contribution is -2.03. The van der Waals surface area contributed by atoms with E-state index in [9.17, 15) is 10.1 Å². The van der Waals surface area contributed by atoms with Crippen LogP contribution in [0.25, 0.3) is 0 Å². The van der Waals surface area contributed by atoms with E-state index in [4.69, 9.17) is 5.26 Å². The molecule has 0 bridgehead atoms. The van der Waals surface area contributed by atoms with Gasteiger partial charge in [0.2, 0.25) is 5.69 Å². The summed E-state index contributed by atoms with van der Waals surface area (Å²) in [6, 6.07) is 4.52. The number of nitrogens with one attached hydrogen (secondary N) is 1. The van der Waals surface area contributed by atoms with Crippen molar-refractivity contribution in [3.63, 3.8) is 0 Å². The zero-order valence-corrected chi connectivity index (χ0v) is 10.9. The highest BCUT2D eigenvalue weighted by Crippen LogP contribution is 2.19. The summed E-state index contributed by atoms with van der Waals surface area (Å²) in [5.74, 6) is 0.452. The summed E-state index contributed by atoms with van der Waals surface area (Å²) in [7, 11) is 0. The van der Waals surface area contributed by atoms with Gasteiger partial charge < -0.3 is 5.32 Å². The van der Waals surface area contributed by atoms with Gasteiger partial charge in [-0.25, -0.2) is 4.98 Å². The molecule has 0 radical (unpaired) electrons. The topological polar surface area (TPSA) is 91.9 Å². The van der Waals surface area contributed by atoms with E-state index in [0.29, 0.717) is 12.4 Å². The number of aromatic nitrogens is 1. The van der Waals surface area contributed by atoms with Crippen LogP contribution in [0.2, 0.25) is 0 Å². The van der Waals surface area contributed by atoms with Crippen molar-refractivity contribution in [3.8, 4) is 6.07 Å². The lowest BCUT2D eigenvalue weighted by atomic mass is 10.2. The van der Waals surface area contributed by atoms with Crippen molar-refractivity contribution < 1.29 is 4.92 Å². The molecule has 0 unspecified atom stereocenters. The third-order valence-corrected chi connectivity index (χ3v) is 3.51. The average molecular weight is 274 g/mol. The Morgan fingerprint density at radius 3 is 2.89 bits per heavy atom. The molecule has 0 aliphatic carbocycles. The lowest BCUT2D eigenvalue weighted by Gasteiger charge is -2.05. The summed E-state index contributed by atoms with van der Waals surface area (Å²) in [4.78, 5) is 14.0. The molecule has 0 saturated heterocycles. The number of nitro groups is 1. The molecule has 2 aromatic rings. The Balaban J connectivity index is 2.16. The molecule has 2 aromatic heterocycles. The van der Waals surface area contributed by atoms with E-state index in [1.165, 1.54) is 17.7 Å². The average Bonchev–Trinajstić information content (AvgIpc) is 2.81. The van der Waals surface area contributed by atoms with Gasteiger partial charge in [0.25, 0.3) is 0 Å². The predicted octanol–water partition coefficient (Wildman–Crippen LogP) is 2.84. The van der Waals surface area contributed by atoms with Gasteiger partial charge in [-0.1, -0.05) is 0 Å². The van der Waals surface area contributed by atoms with Crippen LogP contribution in [0.5, 0.6) is 0 Å². The van der Waals surface area contributed by atoms with E-state index >= 15 is 0 Å². The number of hydrogen-bond acceptors (Lipinski definition) is 6. The first-order valence-corrected chi connectivity index (χ1v) is 6.37. The molecule has 0 aliphatic rings. The maximum atomic E-state index is 10.7. The smallest absolute Gasteiger partial charge is 0.305 e. The predicted molar refractivity (Wildman–Crippen MR) is 72.0 cm³/mol. The Morgan fingerprint density at radius 1 is 1.53 bits per heavy atom. The molecule has 1 N–H and O–H groups in total. The zero-order valence-electron chi connectivity index (χ0n) is 10.1. The standard InChI is InChI=1S/C12H10N4O2S/c1-8-6-19-7-9(8)5-14-12-3-2-11(16(17)18)10(4-13)15-12/h2-3,6-7H,5H2,1H3,(H,14,15). The number of nitrogens with zero attached hydrogens (tertiary/aromatic N) is 3. The highest BCUT2D eigenvalue weighted by atomic mass is 32.1. The van der Waals surface area contributed by atoms with E-state index in [-0.39, 0.29) is 11.4 Å². The Hall–Kier alpha value is -2.46. The molecule has 0 aromatic carbocycles. The third kappa shape index (κ3) is 2.86. The first kappa shape index (κ1) is 13.0. The van der Waals surface area contributed by atoms with Crippen molar-refractivity contribution in [2.45, 2.75) is 13.5 Å². The van der Waals surface area contributed by atoms with Crippen LogP contribution < -0.4 is 5.32 Å². The Kier molecular flexibility index (Phi) is 3.73. The van der Waals surface area contributed by atoms with Gasteiger partial charge in [0.1, 0.15) is 11.9 Å². The highest BCUT2D eigenvalue weighted by Gasteiger charge is 2.15. The third-order valence-electron chi connectivity index (χ3n) is 2.60. The number of rotatable bonds is 4. The van der Waals surface area contributed by atoms with Crippen LogP contribution in [0, 0.1) is 28.4 Å². The van der Waals surface area contributed by atoms with Gasteiger partial charge in [-0.05, 0) is 34.9 Å². The molecule has 0 amide bonds. The van der Waals surface area contributed by atoms with Crippen LogP contribution in [0.1, 0.15) is 16.8 Å². The maximum Gasteiger partial charge on any atom is 0.305 e. The van der Waals surface area contributed by atoms with E-state index in [1.54, 1.807) is 17.4 Å². The van der Waals surface area contributed by atoms with Crippen LogP contribution in [-0.2, 0) is 6.54 Å². The van der Waals surface area contributed by atoms with Gasteiger partial charge in [-0.3, -0.25) is 10.1 Å². The van der Waals surface area contributed by atoms with Crippen molar-refractivity contribution in [3.05, 3.63) is 49.8 Å². The molecule has 0 spiro atoms. The number of nitriles is 1. The minimum atomic E-state index is -0.613. The van der Waals surface area contributed by atoms with Gasteiger partial charge in [-0.2, -0.15) is 16.6 Å². The molecular formula is C12H10N4O2S. The molecule has 7 heteroatoms. The summed E-state index contributed by atoms with van der Waals surface area (Å²) >= 11 is 1.61. The minimum Gasteiger partial charge on any atom is -0.366 e. The van der Waals surface area contributed by atoms with Gasteiger partial charge in [0.15, 0.2) is 0 Å². The van der Waals surface area contributed by atoms with Crippen LogP contribution in [0.4, 0.5) is 11.5 Å². The number of pyridine rings is 1. The van der Waals surface area contributed by atoms with Crippen molar-refractivity contribution in [2.24, 2.45) is 0 Å². The quantitative estimate of drug-likeness (QED) is 0.683. The van der Waals surface area contributed by atoms with Crippen LogP contribution in [0.15, 0.2) is 22.9 Å². The number of thiophene rings is 1. The number of aryl methyl sites for hydroxylation is 1. The van der Waals surface area contributed by atoms with Gasteiger partial charge in [-0.15, -0.1) is 0 Å². The summed E-state index contributed by atoms with van der Waals surface area (Å²) in [5, 5.41) is 26.6. The Bertz CT molecular complexity index is 660. The second kappa shape index (κ2) is 5.46. The number of anilines is 1. The molecule has 6 nitrogen and oxygen atoms in total. The summed E-state index contributed by atoms with van der Waals surface area (Å²) < 4.78 is 0. The molecule has 19 heavy (non-hydrogen) atoms. The second-order valence-electron chi connectivity index (χ2n) is 3.87. The van der Waals surface area contributed by atoms with E-state index < -0.39 is 4.92 Å². The van der Waals surface area contributed by atoms with Crippen LogP contribution in [-0.4, -0.2) is 9.91 Å². The first-order valence-electron chi connectivity index (χ1n) is 5.43. The summed E-state index contributed by atoms with van der Waals surface area (Å²) in [6.45, 7) is 2.59. The zero-order chi connectivity index (χ0) is 13.8. The molecule has 2 heterocycles. The number of hydrogen-bond donors (Lipinski definition) is 1. The second-order valence-corrected chi connectivity index (χ2v) is 4.61. The molecule has 0 aliphatic heterocycles.